The van der Waals surface area contributed by atoms with Gasteiger partial charge in [-0.3, -0.25) is 19.2 Å². The van der Waals surface area contributed by atoms with Crippen LogP contribution in [0.4, 0.5) is 0 Å². The number of allylic oxidation sites excluding steroid dienone is 1. The summed E-state index contributed by atoms with van der Waals surface area (Å²) in [5, 5.41) is 5.14. The summed E-state index contributed by atoms with van der Waals surface area (Å²) < 4.78 is 0. The summed E-state index contributed by atoms with van der Waals surface area (Å²) in [6.07, 6.45) is 5.74. The zero-order valence-electron chi connectivity index (χ0n) is 14.7. The van der Waals surface area contributed by atoms with Gasteiger partial charge < -0.3 is 15.5 Å². The van der Waals surface area contributed by atoms with Crippen molar-refractivity contribution >= 4 is 32.5 Å². The maximum Gasteiger partial charge on any atom is 0.251 e. The monoisotopic (exact) mass is 367 g/mol. The van der Waals surface area contributed by atoms with Gasteiger partial charge in [-0.25, -0.2) is 0 Å². The molecule has 3 atom stereocenters. The molecule has 0 spiro atoms. The van der Waals surface area contributed by atoms with E-state index in [9.17, 15) is 19.2 Å². The Labute approximate surface area is 150 Å². The van der Waals surface area contributed by atoms with Crippen LogP contribution in [0.5, 0.6) is 0 Å². The van der Waals surface area contributed by atoms with Crippen LogP contribution in [-0.4, -0.2) is 46.8 Å². The van der Waals surface area contributed by atoms with Crippen LogP contribution in [0.1, 0.15) is 39.5 Å². The Balaban J connectivity index is 2.17. The lowest BCUT2D eigenvalue weighted by molar-refractivity contribution is -0.129. The summed E-state index contributed by atoms with van der Waals surface area (Å²) in [5.41, 5.74) is 0.474. The average Bonchev–Trinajstić information content (AvgIpc) is 2.85. The van der Waals surface area contributed by atoms with Crippen LogP contribution in [0.3, 0.4) is 0 Å². The molecular formula is C17H26N3O4P. The fourth-order valence-corrected chi connectivity index (χ4v) is 2.35. The summed E-state index contributed by atoms with van der Waals surface area (Å²) in [6, 6.07) is -1.30. The number of amides is 3. The second kappa shape index (κ2) is 10.1. The Morgan fingerprint density at radius 1 is 1.12 bits per heavy atom. The summed E-state index contributed by atoms with van der Waals surface area (Å²) in [7, 11) is 2.01. The van der Waals surface area contributed by atoms with Crippen molar-refractivity contribution in [2.24, 2.45) is 0 Å². The third-order valence-corrected chi connectivity index (χ3v) is 4.37. The number of unbranched alkanes of at least 4 members (excludes halogenated alkanes) is 2. The first-order valence-corrected chi connectivity index (χ1v) is 8.87. The van der Waals surface area contributed by atoms with Crippen LogP contribution in [0.15, 0.2) is 24.4 Å². The summed E-state index contributed by atoms with van der Waals surface area (Å²) in [6.45, 7) is 7.53. The predicted molar refractivity (Wildman–Crippen MR) is 98.4 cm³/mol. The molecule has 25 heavy (non-hydrogen) atoms. The van der Waals surface area contributed by atoms with Gasteiger partial charge in [-0.15, -0.1) is 0 Å². The number of carbonyl (C=O) groups is 4. The molecule has 0 fully saturated rings. The smallest absolute Gasteiger partial charge is 0.251 e. The Hall–Kier alpha value is -2.01. The quantitative estimate of drug-likeness (QED) is 0.442. The third-order valence-electron chi connectivity index (χ3n) is 3.87. The fourth-order valence-electron chi connectivity index (χ4n) is 2.26. The highest BCUT2D eigenvalue weighted by atomic mass is 31.0. The number of hydrogen-bond acceptors (Lipinski definition) is 4. The van der Waals surface area contributed by atoms with E-state index in [1.54, 1.807) is 24.8 Å². The van der Waals surface area contributed by atoms with Gasteiger partial charge in [0.1, 0.15) is 6.04 Å². The number of carbonyl (C=O) groups excluding carboxylic acids is 4. The van der Waals surface area contributed by atoms with Crippen molar-refractivity contribution < 1.29 is 19.2 Å². The van der Waals surface area contributed by atoms with E-state index < -0.39 is 18.0 Å². The van der Waals surface area contributed by atoms with E-state index in [0.29, 0.717) is 25.1 Å². The number of rotatable bonds is 10. The lowest BCUT2D eigenvalue weighted by Crippen LogP contribution is -2.48. The van der Waals surface area contributed by atoms with Gasteiger partial charge in [0.05, 0.1) is 6.04 Å². The molecule has 0 saturated carbocycles. The van der Waals surface area contributed by atoms with Crippen molar-refractivity contribution in [3.05, 3.63) is 24.4 Å². The molecule has 7 nitrogen and oxygen atoms in total. The molecule has 1 heterocycles. The van der Waals surface area contributed by atoms with E-state index in [1.165, 1.54) is 6.08 Å². The van der Waals surface area contributed by atoms with Crippen LogP contribution in [0.2, 0.25) is 0 Å². The zero-order valence-corrected chi connectivity index (χ0v) is 15.9. The lowest BCUT2D eigenvalue weighted by Gasteiger charge is -2.17. The van der Waals surface area contributed by atoms with Gasteiger partial charge in [0.2, 0.25) is 11.8 Å². The van der Waals surface area contributed by atoms with Crippen LogP contribution >= 0.6 is 9.24 Å². The Kier molecular flexibility index (Phi) is 8.49. The maximum absolute atomic E-state index is 11.9. The van der Waals surface area contributed by atoms with Gasteiger partial charge in [0.25, 0.3) is 5.91 Å². The largest absolute Gasteiger partial charge is 0.345 e. The minimum atomic E-state index is -0.698. The number of nitrogens with one attached hydrogen (secondary N) is 2. The van der Waals surface area contributed by atoms with Gasteiger partial charge in [-0.05, 0) is 32.8 Å². The van der Waals surface area contributed by atoms with Gasteiger partial charge in [0, 0.05) is 24.7 Å². The van der Waals surface area contributed by atoms with Crippen molar-refractivity contribution in [2.75, 3.05) is 6.54 Å². The SMILES string of the molecule is C=C1C=CC(=O)N1CCCCCC(=O)N[C@@H](C)C(=O)N[C@@H](C)C(=O)P. The van der Waals surface area contributed by atoms with Crippen molar-refractivity contribution in [3.8, 4) is 0 Å². The second-order valence-corrected chi connectivity index (χ2v) is 6.62. The number of nitrogens with zero attached hydrogens (tertiary/aromatic N) is 1. The first-order valence-electron chi connectivity index (χ1n) is 8.30. The second-order valence-electron chi connectivity index (χ2n) is 6.05. The van der Waals surface area contributed by atoms with E-state index in [0.717, 1.165) is 12.8 Å². The molecule has 2 N–H and O–H groups in total. The van der Waals surface area contributed by atoms with Crippen LogP contribution in [-0.2, 0) is 19.2 Å². The van der Waals surface area contributed by atoms with E-state index in [1.807, 2.05) is 9.24 Å². The Bertz CT molecular complexity index is 570. The number of hydrogen-bond donors (Lipinski definition) is 2. The molecule has 0 aromatic heterocycles. The van der Waals surface area contributed by atoms with Crippen molar-refractivity contribution in [2.45, 2.75) is 51.6 Å². The van der Waals surface area contributed by atoms with Crippen LogP contribution < -0.4 is 10.6 Å². The molecule has 0 aromatic carbocycles. The van der Waals surface area contributed by atoms with Crippen LogP contribution in [0.25, 0.3) is 0 Å². The fraction of sp³-hybridized carbons (Fsp3) is 0.529. The minimum Gasteiger partial charge on any atom is -0.345 e. The highest BCUT2D eigenvalue weighted by Gasteiger charge is 2.19. The van der Waals surface area contributed by atoms with E-state index >= 15 is 0 Å². The minimum absolute atomic E-state index is 0.0548. The molecule has 1 rings (SSSR count). The maximum atomic E-state index is 11.9. The van der Waals surface area contributed by atoms with E-state index in [4.69, 9.17) is 0 Å². The molecule has 1 unspecified atom stereocenters. The standard InChI is InChI=1S/C17H26N3O4P/c1-11-8-9-15(22)20(11)10-6-4-5-7-14(21)18-12(2)16(23)19-13(3)17(24)25/h8-9,12-13H,1,4-7,10,25H2,2-3H3,(H,18,21)(H,19,23)/t12-,13-/m0/s1. The van der Waals surface area contributed by atoms with Crippen molar-refractivity contribution in [1.82, 2.24) is 15.5 Å². The highest BCUT2D eigenvalue weighted by Crippen LogP contribution is 2.14. The molecule has 0 aromatic rings. The molecule has 0 bridgehead atoms. The normalized spacial score (nSPS) is 15.9. The van der Waals surface area contributed by atoms with E-state index in [2.05, 4.69) is 17.2 Å². The molecular weight excluding hydrogens is 341 g/mol. The van der Waals surface area contributed by atoms with Crippen molar-refractivity contribution in [3.63, 3.8) is 0 Å². The molecule has 8 heteroatoms. The molecule has 1 aliphatic heterocycles. The first-order chi connectivity index (χ1) is 11.7. The summed E-state index contributed by atoms with van der Waals surface area (Å²) >= 11 is 0. The zero-order chi connectivity index (χ0) is 19.0. The van der Waals surface area contributed by atoms with E-state index in [-0.39, 0.29) is 17.3 Å². The molecule has 1 aliphatic rings. The summed E-state index contributed by atoms with van der Waals surface area (Å²) in [5.74, 6) is -0.660. The molecule has 138 valence electrons. The molecule has 0 aliphatic carbocycles. The Morgan fingerprint density at radius 2 is 1.80 bits per heavy atom. The Morgan fingerprint density at radius 3 is 2.36 bits per heavy atom. The molecule has 0 saturated heterocycles. The topological polar surface area (TPSA) is 95.6 Å². The van der Waals surface area contributed by atoms with Crippen LogP contribution in [0, 0.1) is 0 Å². The van der Waals surface area contributed by atoms with Gasteiger partial charge in [-0.1, -0.05) is 22.2 Å². The summed E-state index contributed by atoms with van der Waals surface area (Å²) in [4.78, 5) is 47.9. The highest BCUT2D eigenvalue weighted by molar-refractivity contribution is 7.40. The average molecular weight is 367 g/mol. The molecule has 0 radical (unpaired) electrons. The van der Waals surface area contributed by atoms with Gasteiger partial charge >= 0.3 is 0 Å². The lowest BCUT2D eigenvalue weighted by atomic mass is 10.1. The third kappa shape index (κ3) is 7.18. The molecule has 3 amide bonds. The van der Waals surface area contributed by atoms with Crippen molar-refractivity contribution in [1.29, 1.82) is 0 Å². The first kappa shape index (κ1) is 21.0. The van der Waals surface area contributed by atoms with Gasteiger partial charge in [-0.2, -0.15) is 0 Å². The van der Waals surface area contributed by atoms with Gasteiger partial charge in [0.15, 0.2) is 5.52 Å². The predicted octanol–water partition coefficient (Wildman–Crippen LogP) is 0.870.